The van der Waals surface area contributed by atoms with Crippen LogP contribution < -0.4 is 15.8 Å². The highest BCUT2D eigenvalue weighted by Crippen LogP contribution is 2.28. The molecule has 0 heterocycles. The van der Waals surface area contributed by atoms with Crippen molar-refractivity contribution in [2.45, 2.75) is 6.04 Å². The molecular formula is C15H16F2N2O. The molecule has 2 aromatic rings. The smallest absolute Gasteiger partial charge is 0.141 e. The zero-order chi connectivity index (χ0) is 14.5. The molecule has 0 aromatic heterocycles. The zero-order valence-corrected chi connectivity index (χ0v) is 11.1. The first kappa shape index (κ1) is 14.3. The van der Waals surface area contributed by atoms with Crippen LogP contribution in [0.15, 0.2) is 42.5 Å². The van der Waals surface area contributed by atoms with Crippen LogP contribution >= 0.6 is 0 Å². The lowest BCUT2D eigenvalue weighted by atomic mass is 10.1. The van der Waals surface area contributed by atoms with Crippen molar-refractivity contribution in [1.82, 2.24) is 0 Å². The van der Waals surface area contributed by atoms with Crippen molar-refractivity contribution in [2.24, 2.45) is 5.73 Å². The monoisotopic (exact) mass is 278 g/mol. The van der Waals surface area contributed by atoms with Gasteiger partial charge >= 0.3 is 0 Å². The van der Waals surface area contributed by atoms with Crippen LogP contribution in [0, 0.1) is 11.6 Å². The Bertz CT molecular complexity index is 590. The Balaban J connectivity index is 2.31. The molecule has 0 spiro atoms. The van der Waals surface area contributed by atoms with E-state index in [0.717, 1.165) is 18.2 Å². The largest absolute Gasteiger partial charge is 0.495 e. The summed E-state index contributed by atoms with van der Waals surface area (Å²) in [5.41, 5.74) is 6.54. The average Bonchev–Trinajstić information content (AvgIpc) is 2.48. The summed E-state index contributed by atoms with van der Waals surface area (Å²) < 4.78 is 32.3. The van der Waals surface area contributed by atoms with Gasteiger partial charge in [0.15, 0.2) is 0 Å². The molecule has 106 valence electrons. The van der Waals surface area contributed by atoms with Crippen LogP contribution in [0.1, 0.15) is 11.6 Å². The Morgan fingerprint density at radius 2 is 1.95 bits per heavy atom. The molecule has 0 aliphatic carbocycles. The minimum atomic E-state index is -0.540. The molecule has 3 N–H and O–H groups in total. The molecule has 0 fully saturated rings. The summed E-state index contributed by atoms with van der Waals surface area (Å²) in [5.74, 6) is -0.381. The third-order valence-electron chi connectivity index (χ3n) is 3.01. The summed E-state index contributed by atoms with van der Waals surface area (Å²) in [6.45, 7) is 0.123. The summed E-state index contributed by atoms with van der Waals surface area (Å²) in [7, 11) is 1.54. The molecule has 0 amide bonds. The van der Waals surface area contributed by atoms with Crippen molar-refractivity contribution in [3.05, 3.63) is 59.7 Å². The van der Waals surface area contributed by atoms with E-state index in [9.17, 15) is 8.78 Å². The van der Waals surface area contributed by atoms with Crippen LogP contribution in [0.3, 0.4) is 0 Å². The number of benzene rings is 2. The van der Waals surface area contributed by atoms with Gasteiger partial charge in [0.05, 0.1) is 18.8 Å². The van der Waals surface area contributed by atoms with E-state index in [2.05, 4.69) is 5.32 Å². The number of nitrogens with one attached hydrogen (secondary N) is 1. The number of hydrogen-bond donors (Lipinski definition) is 2. The number of methoxy groups -OCH3 is 1. The molecule has 0 bridgehead atoms. The number of nitrogens with two attached hydrogens (primary N) is 1. The molecule has 1 unspecified atom stereocenters. The molecule has 3 nitrogen and oxygen atoms in total. The second-order valence-corrected chi connectivity index (χ2v) is 4.30. The normalized spacial score (nSPS) is 12.0. The van der Waals surface area contributed by atoms with Gasteiger partial charge in [0.1, 0.15) is 17.4 Å². The van der Waals surface area contributed by atoms with Gasteiger partial charge in [-0.1, -0.05) is 12.1 Å². The van der Waals surface area contributed by atoms with E-state index < -0.39 is 17.7 Å². The summed E-state index contributed by atoms with van der Waals surface area (Å²) in [5, 5.41) is 3.08. The number of anilines is 1. The third kappa shape index (κ3) is 3.05. The maximum atomic E-state index is 13.8. The Labute approximate surface area is 116 Å². The lowest BCUT2D eigenvalue weighted by Gasteiger charge is -2.20. The quantitative estimate of drug-likeness (QED) is 0.883. The topological polar surface area (TPSA) is 47.3 Å². The lowest BCUT2D eigenvalue weighted by Crippen LogP contribution is -2.22. The average molecular weight is 278 g/mol. The van der Waals surface area contributed by atoms with E-state index in [-0.39, 0.29) is 12.1 Å². The highest BCUT2D eigenvalue weighted by atomic mass is 19.1. The summed E-state index contributed by atoms with van der Waals surface area (Å²) >= 11 is 0. The van der Waals surface area contributed by atoms with E-state index in [1.165, 1.54) is 0 Å². The molecule has 0 saturated heterocycles. The van der Waals surface area contributed by atoms with E-state index in [1.54, 1.807) is 19.2 Å². The lowest BCUT2D eigenvalue weighted by molar-refractivity contribution is 0.416. The van der Waals surface area contributed by atoms with Gasteiger partial charge in [0.2, 0.25) is 0 Å². The maximum absolute atomic E-state index is 13.8. The van der Waals surface area contributed by atoms with Gasteiger partial charge in [-0.15, -0.1) is 0 Å². The molecule has 0 radical (unpaired) electrons. The van der Waals surface area contributed by atoms with Gasteiger partial charge in [-0.25, -0.2) is 8.78 Å². The predicted octanol–water partition coefficient (Wildman–Crippen LogP) is 3.09. The molecule has 5 heteroatoms. The van der Waals surface area contributed by atoms with Crippen molar-refractivity contribution in [3.8, 4) is 5.75 Å². The van der Waals surface area contributed by atoms with Crippen molar-refractivity contribution < 1.29 is 13.5 Å². The SMILES string of the molecule is COc1ccccc1NC(CN)c1cc(F)ccc1F. The molecule has 0 aliphatic heterocycles. The van der Waals surface area contributed by atoms with Crippen molar-refractivity contribution in [3.63, 3.8) is 0 Å². The second-order valence-electron chi connectivity index (χ2n) is 4.30. The van der Waals surface area contributed by atoms with E-state index in [1.807, 2.05) is 12.1 Å². The molecule has 1 atom stereocenters. The van der Waals surface area contributed by atoms with Crippen LogP contribution in [0.25, 0.3) is 0 Å². The molecule has 20 heavy (non-hydrogen) atoms. The Morgan fingerprint density at radius 3 is 2.65 bits per heavy atom. The maximum Gasteiger partial charge on any atom is 0.141 e. The first-order valence-corrected chi connectivity index (χ1v) is 6.20. The van der Waals surface area contributed by atoms with Crippen molar-refractivity contribution in [2.75, 3.05) is 19.0 Å². The van der Waals surface area contributed by atoms with E-state index in [4.69, 9.17) is 10.5 Å². The summed E-state index contributed by atoms with van der Waals surface area (Å²) in [6.07, 6.45) is 0. The number of para-hydroxylation sites is 2. The van der Waals surface area contributed by atoms with Crippen LogP contribution in [0.5, 0.6) is 5.75 Å². The summed E-state index contributed by atoms with van der Waals surface area (Å²) in [6, 6.07) is 9.99. The van der Waals surface area contributed by atoms with Gasteiger partial charge in [-0.05, 0) is 30.3 Å². The van der Waals surface area contributed by atoms with Crippen LogP contribution in [0.2, 0.25) is 0 Å². The second kappa shape index (κ2) is 6.34. The van der Waals surface area contributed by atoms with Gasteiger partial charge in [-0.2, -0.15) is 0 Å². The molecule has 2 aromatic carbocycles. The minimum Gasteiger partial charge on any atom is -0.495 e. The van der Waals surface area contributed by atoms with E-state index in [0.29, 0.717) is 11.4 Å². The highest BCUT2D eigenvalue weighted by molar-refractivity contribution is 5.57. The number of ether oxygens (including phenoxy) is 1. The fraction of sp³-hybridized carbons (Fsp3) is 0.200. The van der Waals surface area contributed by atoms with Crippen LogP contribution in [-0.4, -0.2) is 13.7 Å². The van der Waals surface area contributed by atoms with E-state index >= 15 is 0 Å². The summed E-state index contributed by atoms with van der Waals surface area (Å²) in [4.78, 5) is 0. The van der Waals surface area contributed by atoms with Crippen molar-refractivity contribution >= 4 is 5.69 Å². The Kier molecular flexibility index (Phi) is 4.53. The third-order valence-corrected chi connectivity index (χ3v) is 3.01. The number of rotatable bonds is 5. The Morgan fingerprint density at radius 1 is 1.20 bits per heavy atom. The standard InChI is InChI=1S/C15H16F2N2O/c1-20-15-5-3-2-4-13(15)19-14(9-18)11-8-10(16)6-7-12(11)17/h2-8,14,19H,9,18H2,1H3. The zero-order valence-electron chi connectivity index (χ0n) is 11.1. The number of hydrogen-bond acceptors (Lipinski definition) is 3. The first-order chi connectivity index (χ1) is 9.65. The minimum absolute atomic E-state index is 0.123. The van der Waals surface area contributed by atoms with Gasteiger partial charge in [0, 0.05) is 12.1 Å². The fourth-order valence-corrected chi connectivity index (χ4v) is 2.00. The molecule has 0 aliphatic rings. The molecular weight excluding hydrogens is 262 g/mol. The molecule has 0 saturated carbocycles. The fourth-order valence-electron chi connectivity index (χ4n) is 2.00. The van der Waals surface area contributed by atoms with Gasteiger partial charge in [-0.3, -0.25) is 0 Å². The van der Waals surface area contributed by atoms with Gasteiger partial charge < -0.3 is 15.8 Å². The van der Waals surface area contributed by atoms with Crippen molar-refractivity contribution in [1.29, 1.82) is 0 Å². The Hall–Kier alpha value is -2.14. The van der Waals surface area contributed by atoms with Crippen LogP contribution in [0.4, 0.5) is 14.5 Å². The highest BCUT2D eigenvalue weighted by Gasteiger charge is 2.16. The van der Waals surface area contributed by atoms with Gasteiger partial charge in [0.25, 0.3) is 0 Å². The van der Waals surface area contributed by atoms with Crippen LogP contribution in [-0.2, 0) is 0 Å². The first-order valence-electron chi connectivity index (χ1n) is 6.20. The number of halogens is 2. The molecule has 2 rings (SSSR count). The predicted molar refractivity (Wildman–Crippen MR) is 74.8 cm³/mol.